The van der Waals surface area contributed by atoms with Crippen LogP contribution < -0.4 is 10.1 Å². The van der Waals surface area contributed by atoms with Crippen molar-refractivity contribution in [3.05, 3.63) is 64.2 Å². The number of carbonyl (C=O) groups is 5. The van der Waals surface area contributed by atoms with Crippen molar-refractivity contribution < 1.29 is 33.4 Å². The summed E-state index contributed by atoms with van der Waals surface area (Å²) < 4.78 is 11.6. The molecular formula is C32H35N3O7. The lowest BCUT2D eigenvalue weighted by molar-refractivity contribution is -0.136. The van der Waals surface area contributed by atoms with Crippen molar-refractivity contribution in [1.82, 2.24) is 15.1 Å². The van der Waals surface area contributed by atoms with Crippen LogP contribution in [0.3, 0.4) is 0 Å². The maximum Gasteiger partial charge on any atom is 0.338 e. The van der Waals surface area contributed by atoms with E-state index in [2.05, 4.69) is 10.2 Å². The molecule has 1 saturated carbocycles. The minimum Gasteiger partial charge on any atom is -0.490 e. The first-order valence-corrected chi connectivity index (χ1v) is 14.6. The molecule has 42 heavy (non-hydrogen) atoms. The number of nitrogens with zero attached hydrogens (tertiary/aromatic N) is 2. The number of hydrogen-bond acceptors (Lipinski definition) is 8. The summed E-state index contributed by atoms with van der Waals surface area (Å²) in [5.41, 5.74) is 2.68. The maximum atomic E-state index is 13.2. The molecule has 1 N–H and O–H groups in total. The van der Waals surface area contributed by atoms with E-state index in [9.17, 15) is 24.0 Å². The summed E-state index contributed by atoms with van der Waals surface area (Å²) in [4.78, 5) is 66.0. The van der Waals surface area contributed by atoms with E-state index in [-0.39, 0.29) is 30.8 Å². The molecule has 0 spiro atoms. The average molecular weight is 574 g/mol. The molecule has 3 aliphatic heterocycles. The van der Waals surface area contributed by atoms with Crippen LogP contribution in [0, 0.1) is 0 Å². The molecule has 4 aliphatic rings. The Labute approximate surface area is 244 Å². The molecule has 220 valence electrons. The molecule has 1 saturated heterocycles. The number of rotatable bonds is 5. The van der Waals surface area contributed by atoms with Crippen molar-refractivity contribution in [2.75, 3.05) is 0 Å². The molecule has 10 heteroatoms. The lowest BCUT2D eigenvalue weighted by atomic mass is 9.92. The second-order valence-electron chi connectivity index (χ2n) is 12.6. The van der Waals surface area contributed by atoms with E-state index in [0.29, 0.717) is 35.8 Å². The van der Waals surface area contributed by atoms with Crippen molar-refractivity contribution >= 4 is 29.6 Å². The van der Waals surface area contributed by atoms with Crippen LogP contribution in [0.2, 0.25) is 0 Å². The summed E-state index contributed by atoms with van der Waals surface area (Å²) in [6.45, 7) is 6.92. The minimum atomic E-state index is -0.957. The van der Waals surface area contributed by atoms with Gasteiger partial charge in [0.2, 0.25) is 11.8 Å². The number of fused-ring (bicyclic) bond motifs is 2. The Balaban J connectivity index is 1.04. The van der Waals surface area contributed by atoms with Gasteiger partial charge in [0.05, 0.1) is 22.8 Å². The Morgan fingerprint density at radius 1 is 0.857 bits per heavy atom. The molecule has 2 fully saturated rings. The molecule has 1 atom stereocenters. The third-order valence-electron chi connectivity index (χ3n) is 8.46. The number of benzene rings is 2. The summed E-state index contributed by atoms with van der Waals surface area (Å²) in [5, 5.41) is 2.23. The number of amides is 4. The van der Waals surface area contributed by atoms with Gasteiger partial charge in [0.1, 0.15) is 17.4 Å². The summed E-state index contributed by atoms with van der Waals surface area (Å²) in [5.74, 6) is -1.55. The zero-order valence-corrected chi connectivity index (χ0v) is 24.1. The number of esters is 1. The fourth-order valence-corrected chi connectivity index (χ4v) is 6.38. The van der Waals surface area contributed by atoms with Gasteiger partial charge in [-0.15, -0.1) is 0 Å². The van der Waals surface area contributed by atoms with E-state index < -0.39 is 29.4 Å². The van der Waals surface area contributed by atoms with Crippen molar-refractivity contribution in [3.63, 3.8) is 0 Å². The average Bonchev–Trinajstić information content (AvgIpc) is 3.46. The Morgan fingerprint density at radius 2 is 1.45 bits per heavy atom. The van der Waals surface area contributed by atoms with Gasteiger partial charge in [-0.2, -0.15) is 0 Å². The number of imide groups is 2. The van der Waals surface area contributed by atoms with Crippen molar-refractivity contribution in [1.29, 1.82) is 0 Å². The molecule has 0 bridgehead atoms. The number of hydrogen-bond donors (Lipinski definition) is 1. The number of piperidine rings is 1. The lowest BCUT2D eigenvalue weighted by Crippen LogP contribution is -2.54. The van der Waals surface area contributed by atoms with E-state index in [1.54, 1.807) is 12.1 Å². The van der Waals surface area contributed by atoms with Crippen LogP contribution in [0.25, 0.3) is 0 Å². The van der Waals surface area contributed by atoms with Crippen LogP contribution in [-0.4, -0.2) is 63.2 Å². The highest BCUT2D eigenvalue weighted by Gasteiger charge is 2.45. The van der Waals surface area contributed by atoms with Gasteiger partial charge in [-0.3, -0.25) is 34.3 Å². The molecule has 2 aromatic rings. The number of nitrogens with one attached hydrogen (secondary N) is 1. The Morgan fingerprint density at radius 3 is 2.00 bits per heavy atom. The predicted molar refractivity (Wildman–Crippen MR) is 151 cm³/mol. The van der Waals surface area contributed by atoms with Gasteiger partial charge in [-0.25, -0.2) is 4.79 Å². The largest absolute Gasteiger partial charge is 0.490 e. The van der Waals surface area contributed by atoms with E-state index in [4.69, 9.17) is 9.47 Å². The molecule has 3 heterocycles. The van der Waals surface area contributed by atoms with Crippen LogP contribution in [0.5, 0.6) is 5.75 Å². The standard InChI is InChI=1S/C32H35N3O7/c1-32(2,3)42-31(40)18-4-8-22(9-5-18)41-23-10-6-21(7-11-23)34-16-19-14-24-25(15-20(19)17-34)30(39)35(29(24)38)26-12-13-27(36)33-28(26)37/h4-5,8-9,14-15,21,23,26H,6-7,10-13,16-17H2,1-3H3,(H,33,36,37)/t21-,23-,26?. The molecule has 1 unspecified atom stereocenters. The fraction of sp³-hybridized carbons (Fsp3) is 0.469. The van der Waals surface area contributed by atoms with Gasteiger partial charge in [-0.05, 0) is 100 Å². The Hall–Kier alpha value is -4.05. The Kier molecular flexibility index (Phi) is 7.12. The van der Waals surface area contributed by atoms with Crippen molar-refractivity contribution in [2.24, 2.45) is 0 Å². The number of carbonyl (C=O) groups excluding carboxylic acids is 5. The van der Waals surface area contributed by atoms with Gasteiger partial charge in [0.15, 0.2) is 0 Å². The summed E-state index contributed by atoms with van der Waals surface area (Å²) >= 11 is 0. The summed E-state index contributed by atoms with van der Waals surface area (Å²) in [7, 11) is 0. The van der Waals surface area contributed by atoms with E-state index in [1.165, 1.54) is 0 Å². The van der Waals surface area contributed by atoms with E-state index in [1.807, 2.05) is 45.0 Å². The molecule has 0 aromatic heterocycles. The van der Waals surface area contributed by atoms with Crippen molar-refractivity contribution in [3.8, 4) is 5.75 Å². The maximum absolute atomic E-state index is 13.2. The Bertz CT molecular complexity index is 1420. The zero-order chi connectivity index (χ0) is 29.8. The van der Waals surface area contributed by atoms with Crippen molar-refractivity contribution in [2.45, 2.75) is 96.2 Å². The van der Waals surface area contributed by atoms with Crippen LogP contribution in [0.15, 0.2) is 36.4 Å². The first kappa shape index (κ1) is 28.1. The number of ether oxygens (including phenoxy) is 2. The van der Waals surface area contributed by atoms with Crippen LogP contribution in [-0.2, 0) is 27.4 Å². The molecular weight excluding hydrogens is 538 g/mol. The monoisotopic (exact) mass is 573 g/mol. The normalized spacial score (nSPS) is 24.4. The van der Waals surface area contributed by atoms with E-state index >= 15 is 0 Å². The van der Waals surface area contributed by atoms with Gasteiger partial charge < -0.3 is 9.47 Å². The molecule has 4 amide bonds. The fourth-order valence-electron chi connectivity index (χ4n) is 6.38. The lowest BCUT2D eigenvalue weighted by Gasteiger charge is -2.34. The molecule has 6 rings (SSSR count). The second kappa shape index (κ2) is 10.7. The summed E-state index contributed by atoms with van der Waals surface area (Å²) in [6.07, 6.45) is 4.08. The SMILES string of the molecule is CC(C)(C)OC(=O)c1ccc(O[C@H]2CC[C@H](N3Cc4cc5c(cc4C3)C(=O)N(C3CCC(=O)NC3=O)C5=O)CC2)cc1. The predicted octanol–water partition coefficient (Wildman–Crippen LogP) is 3.75. The first-order valence-electron chi connectivity index (χ1n) is 14.6. The third-order valence-corrected chi connectivity index (χ3v) is 8.46. The van der Waals surface area contributed by atoms with Crippen LogP contribution >= 0.6 is 0 Å². The van der Waals surface area contributed by atoms with Gasteiger partial charge in [0.25, 0.3) is 11.8 Å². The van der Waals surface area contributed by atoms with Gasteiger partial charge in [-0.1, -0.05) is 0 Å². The first-order chi connectivity index (χ1) is 20.0. The third kappa shape index (κ3) is 5.43. The molecule has 0 radical (unpaired) electrons. The highest BCUT2D eigenvalue weighted by atomic mass is 16.6. The van der Waals surface area contributed by atoms with Gasteiger partial charge in [0, 0.05) is 25.6 Å². The molecule has 2 aromatic carbocycles. The molecule has 10 nitrogen and oxygen atoms in total. The zero-order valence-electron chi connectivity index (χ0n) is 24.1. The van der Waals surface area contributed by atoms with Crippen LogP contribution in [0.1, 0.15) is 101 Å². The quantitative estimate of drug-likeness (QED) is 0.424. The summed E-state index contributed by atoms with van der Waals surface area (Å²) in [6, 6.07) is 10.1. The van der Waals surface area contributed by atoms with Gasteiger partial charge >= 0.3 is 5.97 Å². The highest BCUT2D eigenvalue weighted by molar-refractivity contribution is 6.23. The minimum absolute atomic E-state index is 0.0934. The van der Waals surface area contributed by atoms with Crippen LogP contribution in [0.4, 0.5) is 0 Å². The smallest absolute Gasteiger partial charge is 0.338 e. The topological polar surface area (TPSA) is 122 Å². The van der Waals surface area contributed by atoms with E-state index in [0.717, 1.165) is 47.5 Å². The molecule has 1 aliphatic carbocycles. The second-order valence-corrected chi connectivity index (χ2v) is 12.6. The highest BCUT2D eigenvalue weighted by Crippen LogP contribution is 2.36.